The monoisotopic (exact) mass is 372 g/mol. The van der Waals surface area contributed by atoms with Gasteiger partial charge in [0.05, 0.1) is 5.75 Å². The van der Waals surface area contributed by atoms with E-state index in [2.05, 4.69) is 5.32 Å². The Bertz CT molecular complexity index is 952. The quantitative estimate of drug-likeness (QED) is 0.896. The first-order valence-electron chi connectivity index (χ1n) is 8.78. The van der Waals surface area contributed by atoms with Crippen LogP contribution in [-0.2, 0) is 23.0 Å². The van der Waals surface area contributed by atoms with Gasteiger partial charge in [-0.25, -0.2) is 8.42 Å². The second-order valence-electron chi connectivity index (χ2n) is 6.74. The summed E-state index contributed by atoms with van der Waals surface area (Å²) in [6, 6.07) is 11.5. The number of aryl methyl sites for hydroxylation is 2. The molecule has 0 radical (unpaired) electrons. The Balaban J connectivity index is 1.81. The molecule has 6 heteroatoms. The van der Waals surface area contributed by atoms with Crippen molar-refractivity contribution in [1.29, 1.82) is 0 Å². The fourth-order valence-electron chi connectivity index (χ4n) is 3.30. The van der Waals surface area contributed by atoms with Gasteiger partial charge in [-0.1, -0.05) is 23.8 Å². The molecule has 2 aromatic carbocycles. The van der Waals surface area contributed by atoms with Crippen LogP contribution in [0, 0.1) is 13.8 Å². The predicted octanol–water partition coefficient (Wildman–Crippen LogP) is 3.26. The maximum Gasteiger partial charge on any atom is 0.255 e. The minimum absolute atomic E-state index is 0.103. The summed E-state index contributed by atoms with van der Waals surface area (Å²) in [5.41, 5.74) is 5.46. The number of carbonyl (C=O) groups excluding carboxylic acids is 1. The van der Waals surface area contributed by atoms with Gasteiger partial charge in [0.25, 0.3) is 5.91 Å². The second-order valence-corrected chi connectivity index (χ2v) is 9.00. The zero-order chi connectivity index (χ0) is 18.9. The van der Waals surface area contributed by atoms with Crippen molar-refractivity contribution in [2.75, 3.05) is 17.6 Å². The van der Waals surface area contributed by atoms with Crippen LogP contribution >= 0.6 is 0 Å². The third-order valence-electron chi connectivity index (χ3n) is 4.83. The highest BCUT2D eigenvalue weighted by atomic mass is 32.2. The van der Waals surface area contributed by atoms with Crippen LogP contribution in [0.5, 0.6) is 0 Å². The number of nitrogens with one attached hydrogen (secondary N) is 1. The minimum Gasteiger partial charge on any atom is -0.322 e. The van der Waals surface area contributed by atoms with E-state index >= 15 is 0 Å². The van der Waals surface area contributed by atoms with Gasteiger partial charge in [0, 0.05) is 24.3 Å². The Morgan fingerprint density at radius 2 is 1.88 bits per heavy atom. The fourth-order valence-corrected chi connectivity index (χ4v) is 4.37. The van der Waals surface area contributed by atoms with E-state index in [1.165, 1.54) is 4.31 Å². The zero-order valence-corrected chi connectivity index (χ0v) is 16.2. The van der Waals surface area contributed by atoms with Gasteiger partial charge in [0.15, 0.2) is 0 Å². The van der Waals surface area contributed by atoms with Crippen molar-refractivity contribution in [2.45, 2.75) is 33.7 Å². The Kier molecular flexibility index (Phi) is 5.16. The second kappa shape index (κ2) is 7.21. The predicted molar refractivity (Wildman–Crippen MR) is 104 cm³/mol. The number of carbonyl (C=O) groups is 1. The number of anilines is 1. The summed E-state index contributed by atoms with van der Waals surface area (Å²) >= 11 is 0. The van der Waals surface area contributed by atoms with Crippen molar-refractivity contribution in [3.63, 3.8) is 0 Å². The normalized spacial score (nSPS) is 14.7. The van der Waals surface area contributed by atoms with Crippen molar-refractivity contribution in [3.05, 3.63) is 64.2 Å². The molecule has 1 aliphatic heterocycles. The van der Waals surface area contributed by atoms with Gasteiger partial charge in [0.2, 0.25) is 10.0 Å². The van der Waals surface area contributed by atoms with Crippen LogP contribution in [0.15, 0.2) is 36.4 Å². The molecule has 138 valence electrons. The average molecular weight is 372 g/mol. The van der Waals surface area contributed by atoms with E-state index in [9.17, 15) is 13.2 Å². The van der Waals surface area contributed by atoms with E-state index in [4.69, 9.17) is 0 Å². The first kappa shape index (κ1) is 18.6. The van der Waals surface area contributed by atoms with Gasteiger partial charge in [-0.15, -0.1) is 0 Å². The van der Waals surface area contributed by atoms with E-state index in [0.717, 1.165) is 22.3 Å². The third kappa shape index (κ3) is 3.81. The summed E-state index contributed by atoms with van der Waals surface area (Å²) < 4.78 is 25.8. The number of sulfonamides is 1. The standard InChI is InChI=1S/C20H24N2O3S/c1-4-26(24,25)22-10-9-16-6-7-18(12-17(16)13-22)21-20(23)19-8-5-14(2)11-15(19)3/h5-8,11-12H,4,9-10,13H2,1-3H3,(H,21,23). The number of hydrogen-bond acceptors (Lipinski definition) is 3. The topological polar surface area (TPSA) is 66.5 Å². The molecule has 0 saturated heterocycles. The molecule has 0 aliphatic carbocycles. The molecule has 1 aliphatic rings. The molecule has 3 rings (SSSR count). The molecular formula is C20H24N2O3S. The van der Waals surface area contributed by atoms with Crippen molar-refractivity contribution < 1.29 is 13.2 Å². The lowest BCUT2D eigenvalue weighted by Crippen LogP contribution is -2.36. The van der Waals surface area contributed by atoms with E-state index in [-0.39, 0.29) is 11.7 Å². The molecule has 0 atom stereocenters. The smallest absolute Gasteiger partial charge is 0.255 e. The van der Waals surface area contributed by atoms with Crippen LogP contribution in [0.1, 0.15) is 39.5 Å². The molecule has 0 fully saturated rings. The summed E-state index contributed by atoms with van der Waals surface area (Å²) in [4.78, 5) is 12.6. The van der Waals surface area contributed by atoms with Gasteiger partial charge >= 0.3 is 0 Å². The van der Waals surface area contributed by atoms with Crippen LogP contribution in [0.3, 0.4) is 0 Å². The molecular weight excluding hydrogens is 348 g/mol. The average Bonchev–Trinajstić information content (AvgIpc) is 2.61. The largest absolute Gasteiger partial charge is 0.322 e. The van der Waals surface area contributed by atoms with E-state index in [1.54, 1.807) is 6.92 Å². The van der Waals surface area contributed by atoms with E-state index < -0.39 is 10.0 Å². The lowest BCUT2D eigenvalue weighted by Gasteiger charge is -2.28. The van der Waals surface area contributed by atoms with Crippen LogP contribution in [0.2, 0.25) is 0 Å². The SMILES string of the molecule is CCS(=O)(=O)N1CCc2ccc(NC(=O)c3ccc(C)cc3C)cc2C1. The van der Waals surface area contributed by atoms with Gasteiger partial charge in [-0.2, -0.15) is 4.31 Å². The number of fused-ring (bicyclic) bond motifs is 1. The summed E-state index contributed by atoms with van der Waals surface area (Å²) in [6.07, 6.45) is 0.694. The molecule has 0 spiro atoms. The van der Waals surface area contributed by atoms with E-state index in [0.29, 0.717) is 30.8 Å². The Morgan fingerprint density at radius 1 is 1.12 bits per heavy atom. The van der Waals surface area contributed by atoms with Crippen LogP contribution < -0.4 is 5.32 Å². The Morgan fingerprint density at radius 3 is 2.58 bits per heavy atom. The van der Waals surface area contributed by atoms with Crippen LogP contribution in [0.25, 0.3) is 0 Å². The Hall–Kier alpha value is -2.18. The summed E-state index contributed by atoms with van der Waals surface area (Å²) in [5, 5.41) is 2.93. The molecule has 2 aromatic rings. The molecule has 1 N–H and O–H groups in total. The number of amides is 1. The van der Waals surface area contributed by atoms with E-state index in [1.807, 2.05) is 50.2 Å². The van der Waals surface area contributed by atoms with Crippen LogP contribution in [0.4, 0.5) is 5.69 Å². The number of rotatable bonds is 4. The van der Waals surface area contributed by atoms with Gasteiger partial charge in [-0.05, 0) is 62.1 Å². The summed E-state index contributed by atoms with van der Waals surface area (Å²) in [7, 11) is -3.21. The highest BCUT2D eigenvalue weighted by Crippen LogP contribution is 2.25. The fraction of sp³-hybridized carbons (Fsp3) is 0.350. The lowest BCUT2D eigenvalue weighted by atomic mass is 10.00. The maximum absolute atomic E-state index is 12.6. The summed E-state index contributed by atoms with van der Waals surface area (Å²) in [6.45, 7) is 6.44. The van der Waals surface area contributed by atoms with Gasteiger partial charge < -0.3 is 5.32 Å². The first-order valence-corrected chi connectivity index (χ1v) is 10.4. The van der Waals surface area contributed by atoms with Crippen molar-refractivity contribution in [1.82, 2.24) is 4.31 Å². The molecule has 0 saturated carbocycles. The molecule has 26 heavy (non-hydrogen) atoms. The van der Waals surface area contributed by atoms with Gasteiger partial charge in [0.1, 0.15) is 0 Å². The highest BCUT2D eigenvalue weighted by molar-refractivity contribution is 7.89. The molecule has 1 heterocycles. The molecule has 0 unspecified atom stereocenters. The van der Waals surface area contributed by atoms with Crippen molar-refractivity contribution in [3.8, 4) is 0 Å². The molecule has 0 bridgehead atoms. The Labute approximate surface area is 155 Å². The molecule has 0 aromatic heterocycles. The van der Waals surface area contributed by atoms with Crippen LogP contribution in [-0.4, -0.2) is 30.9 Å². The molecule has 1 amide bonds. The number of benzene rings is 2. The van der Waals surface area contributed by atoms with Gasteiger partial charge in [-0.3, -0.25) is 4.79 Å². The maximum atomic E-state index is 12.6. The van der Waals surface area contributed by atoms with Crippen molar-refractivity contribution >= 4 is 21.6 Å². The lowest BCUT2D eigenvalue weighted by molar-refractivity contribution is 0.102. The third-order valence-corrected chi connectivity index (χ3v) is 6.65. The number of nitrogens with zero attached hydrogens (tertiary/aromatic N) is 1. The summed E-state index contributed by atoms with van der Waals surface area (Å²) in [5.74, 6) is -0.0536. The number of hydrogen-bond donors (Lipinski definition) is 1. The zero-order valence-electron chi connectivity index (χ0n) is 15.4. The highest BCUT2D eigenvalue weighted by Gasteiger charge is 2.25. The minimum atomic E-state index is -3.21. The van der Waals surface area contributed by atoms with Crippen molar-refractivity contribution in [2.24, 2.45) is 0 Å². The molecule has 5 nitrogen and oxygen atoms in total. The first-order chi connectivity index (χ1) is 12.3.